The van der Waals surface area contributed by atoms with Gasteiger partial charge in [-0.3, -0.25) is 0 Å². The molecular weight excluding hydrogens is 313 g/mol. The lowest BCUT2D eigenvalue weighted by atomic mass is 10.7. The first-order chi connectivity index (χ1) is 7.41. The Labute approximate surface area is 103 Å². The molecule has 0 aromatic heterocycles. The molecule has 15 heavy (non-hydrogen) atoms. The number of azide groups is 1. The van der Waals surface area contributed by atoms with Crippen LogP contribution in [0.3, 0.4) is 0 Å². The number of hydrogen-bond donors (Lipinski definition) is 0. The van der Waals surface area contributed by atoms with E-state index in [0.717, 1.165) is 11.0 Å². The van der Waals surface area contributed by atoms with Crippen molar-refractivity contribution < 1.29 is 14.2 Å². The summed E-state index contributed by atoms with van der Waals surface area (Å²) in [5.41, 5.74) is 7.97. The molecule has 0 amide bonds. The summed E-state index contributed by atoms with van der Waals surface area (Å²) >= 11 is 2.26. The summed E-state index contributed by atoms with van der Waals surface area (Å²) in [4.78, 5) is 2.61. The van der Waals surface area contributed by atoms with Crippen molar-refractivity contribution in [3.05, 3.63) is 10.4 Å². The van der Waals surface area contributed by atoms with Crippen LogP contribution >= 0.6 is 22.6 Å². The van der Waals surface area contributed by atoms with Gasteiger partial charge in [0.1, 0.15) is 0 Å². The fourth-order valence-corrected chi connectivity index (χ4v) is 1.06. The van der Waals surface area contributed by atoms with Crippen molar-refractivity contribution in [3.8, 4) is 0 Å². The van der Waals surface area contributed by atoms with Gasteiger partial charge in [-0.1, -0.05) is 27.7 Å². The molecule has 0 heterocycles. The third-order valence-corrected chi connectivity index (χ3v) is 1.80. The molecule has 0 aliphatic carbocycles. The van der Waals surface area contributed by atoms with Gasteiger partial charge < -0.3 is 14.2 Å². The first kappa shape index (κ1) is 14.9. The Morgan fingerprint density at radius 3 is 2.00 bits per heavy atom. The third-order valence-electron chi connectivity index (χ3n) is 1.36. The molecule has 0 unspecified atom stereocenters. The summed E-state index contributed by atoms with van der Waals surface area (Å²) in [5, 5.41) is 3.33. The second-order valence-electron chi connectivity index (χ2n) is 2.48. The van der Waals surface area contributed by atoms with E-state index in [4.69, 9.17) is 19.7 Å². The van der Waals surface area contributed by atoms with Crippen LogP contribution in [0.5, 0.6) is 0 Å². The highest BCUT2D eigenvalue weighted by Gasteiger charge is 1.90. The topological polar surface area (TPSA) is 76.5 Å². The average Bonchev–Trinajstić information content (AvgIpc) is 2.26. The summed E-state index contributed by atoms with van der Waals surface area (Å²) in [6.07, 6.45) is 0. The molecule has 0 aromatic rings. The van der Waals surface area contributed by atoms with Crippen molar-refractivity contribution >= 4 is 22.6 Å². The van der Waals surface area contributed by atoms with E-state index in [1.807, 2.05) is 0 Å². The molecule has 0 aliphatic rings. The molecule has 0 aliphatic heterocycles. The minimum absolute atomic E-state index is 0.370. The summed E-state index contributed by atoms with van der Waals surface area (Å²) in [6.45, 7) is 3.87. The Balaban J connectivity index is 2.89. The van der Waals surface area contributed by atoms with Crippen LogP contribution in [0.2, 0.25) is 0 Å². The van der Waals surface area contributed by atoms with Crippen molar-refractivity contribution in [1.29, 1.82) is 0 Å². The SMILES string of the molecule is [N-]=[N+]=NCCOCCOCCOCCI. The molecule has 0 saturated heterocycles. The Kier molecular flexibility index (Phi) is 13.8. The first-order valence-electron chi connectivity index (χ1n) is 4.72. The number of halogens is 1. The van der Waals surface area contributed by atoms with E-state index in [1.165, 1.54) is 0 Å². The smallest absolute Gasteiger partial charge is 0.0701 e. The second kappa shape index (κ2) is 13.9. The minimum Gasteiger partial charge on any atom is -0.379 e. The molecule has 0 radical (unpaired) electrons. The van der Waals surface area contributed by atoms with Crippen LogP contribution in [0.4, 0.5) is 0 Å². The molecule has 0 bridgehead atoms. The Morgan fingerprint density at radius 2 is 1.47 bits per heavy atom. The van der Waals surface area contributed by atoms with Crippen LogP contribution in [0.25, 0.3) is 10.4 Å². The Morgan fingerprint density at radius 1 is 0.933 bits per heavy atom. The van der Waals surface area contributed by atoms with Crippen LogP contribution in [0, 0.1) is 0 Å². The summed E-state index contributed by atoms with van der Waals surface area (Å²) in [7, 11) is 0. The largest absolute Gasteiger partial charge is 0.379 e. The Bertz CT molecular complexity index is 177. The van der Waals surface area contributed by atoms with Gasteiger partial charge in [-0.05, 0) is 5.53 Å². The van der Waals surface area contributed by atoms with Gasteiger partial charge in [0.05, 0.1) is 39.6 Å². The predicted molar refractivity (Wildman–Crippen MR) is 65.4 cm³/mol. The lowest BCUT2D eigenvalue weighted by Gasteiger charge is -2.04. The van der Waals surface area contributed by atoms with Crippen LogP contribution < -0.4 is 0 Å². The van der Waals surface area contributed by atoms with E-state index in [0.29, 0.717) is 39.6 Å². The number of hydrogen-bond acceptors (Lipinski definition) is 4. The average molecular weight is 329 g/mol. The molecule has 0 aromatic carbocycles. The zero-order chi connectivity index (χ0) is 11.2. The van der Waals surface area contributed by atoms with Crippen LogP contribution in [-0.2, 0) is 14.2 Å². The zero-order valence-electron chi connectivity index (χ0n) is 8.60. The van der Waals surface area contributed by atoms with Crippen molar-refractivity contribution in [2.75, 3.05) is 50.6 Å². The molecule has 0 fully saturated rings. The fraction of sp³-hybridized carbons (Fsp3) is 1.00. The molecule has 0 saturated carbocycles. The van der Waals surface area contributed by atoms with Gasteiger partial charge in [0.25, 0.3) is 0 Å². The number of alkyl halides is 1. The minimum atomic E-state index is 0.370. The zero-order valence-corrected chi connectivity index (χ0v) is 10.8. The maximum absolute atomic E-state index is 7.97. The normalized spacial score (nSPS) is 9.93. The van der Waals surface area contributed by atoms with Gasteiger partial charge in [0, 0.05) is 15.9 Å². The summed E-state index contributed by atoms with van der Waals surface area (Å²) in [5.74, 6) is 0. The Hall–Kier alpha value is -0.0800. The second-order valence-corrected chi connectivity index (χ2v) is 3.56. The molecule has 88 valence electrons. The maximum Gasteiger partial charge on any atom is 0.0701 e. The standard InChI is InChI=1S/C8H16IN3O3/c9-1-3-13-5-7-15-8-6-14-4-2-11-12-10/h1-8H2. The molecular formula is C8H16IN3O3. The van der Waals surface area contributed by atoms with E-state index in [-0.39, 0.29) is 0 Å². The molecule has 0 spiro atoms. The lowest BCUT2D eigenvalue weighted by molar-refractivity contribution is 0.0192. The molecule has 6 nitrogen and oxygen atoms in total. The number of nitrogens with zero attached hydrogens (tertiary/aromatic N) is 3. The fourth-order valence-electron chi connectivity index (χ4n) is 0.747. The van der Waals surface area contributed by atoms with Gasteiger partial charge in [-0.15, -0.1) is 0 Å². The maximum atomic E-state index is 7.97. The predicted octanol–water partition coefficient (Wildman–Crippen LogP) is 1.78. The van der Waals surface area contributed by atoms with Crippen molar-refractivity contribution in [2.24, 2.45) is 5.11 Å². The number of ether oxygens (including phenoxy) is 3. The highest BCUT2D eigenvalue weighted by Crippen LogP contribution is 1.84. The van der Waals surface area contributed by atoms with E-state index in [1.54, 1.807) is 0 Å². The summed E-state index contributed by atoms with van der Waals surface area (Å²) in [6, 6.07) is 0. The highest BCUT2D eigenvalue weighted by molar-refractivity contribution is 14.1. The van der Waals surface area contributed by atoms with Crippen molar-refractivity contribution in [2.45, 2.75) is 0 Å². The van der Waals surface area contributed by atoms with Crippen molar-refractivity contribution in [1.82, 2.24) is 0 Å². The van der Waals surface area contributed by atoms with E-state index in [2.05, 4.69) is 32.6 Å². The van der Waals surface area contributed by atoms with Gasteiger partial charge in [-0.2, -0.15) is 0 Å². The molecule has 7 heteroatoms. The molecule has 0 atom stereocenters. The van der Waals surface area contributed by atoms with Crippen LogP contribution in [0.15, 0.2) is 5.11 Å². The van der Waals surface area contributed by atoms with Crippen LogP contribution in [0.1, 0.15) is 0 Å². The quantitative estimate of drug-likeness (QED) is 0.145. The third kappa shape index (κ3) is 13.9. The van der Waals surface area contributed by atoms with Gasteiger partial charge in [0.15, 0.2) is 0 Å². The van der Waals surface area contributed by atoms with E-state index in [9.17, 15) is 0 Å². The molecule has 0 rings (SSSR count). The summed E-state index contributed by atoms with van der Waals surface area (Å²) < 4.78 is 16.6. The van der Waals surface area contributed by atoms with Crippen molar-refractivity contribution in [3.63, 3.8) is 0 Å². The number of rotatable bonds is 11. The van der Waals surface area contributed by atoms with Gasteiger partial charge >= 0.3 is 0 Å². The monoisotopic (exact) mass is 329 g/mol. The van der Waals surface area contributed by atoms with E-state index >= 15 is 0 Å². The van der Waals surface area contributed by atoms with Gasteiger partial charge in [0.2, 0.25) is 0 Å². The van der Waals surface area contributed by atoms with E-state index < -0.39 is 0 Å². The highest BCUT2D eigenvalue weighted by atomic mass is 127. The first-order valence-corrected chi connectivity index (χ1v) is 6.24. The van der Waals surface area contributed by atoms with Gasteiger partial charge in [-0.25, -0.2) is 0 Å². The van der Waals surface area contributed by atoms with Crippen LogP contribution in [-0.4, -0.2) is 50.6 Å². The lowest BCUT2D eigenvalue weighted by Crippen LogP contribution is -2.11. The molecule has 0 N–H and O–H groups in total.